The van der Waals surface area contributed by atoms with Crippen molar-refractivity contribution in [3.8, 4) is 5.75 Å². The molecule has 0 aromatic heterocycles. The van der Waals surface area contributed by atoms with Gasteiger partial charge >= 0.3 is 0 Å². The summed E-state index contributed by atoms with van der Waals surface area (Å²) >= 11 is 0. The molecule has 0 radical (unpaired) electrons. The van der Waals surface area contributed by atoms with Crippen LogP contribution >= 0.6 is 0 Å². The minimum atomic E-state index is -0.161. The van der Waals surface area contributed by atoms with Crippen molar-refractivity contribution in [2.24, 2.45) is 0 Å². The molecule has 15 heavy (non-hydrogen) atoms. The maximum Gasteiger partial charge on any atom is 0.250 e. The number of rotatable bonds is 4. The van der Waals surface area contributed by atoms with E-state index >= 15 is 0 Å². The van der Waals surface area contributed by atoms with Gasteiger partial charge in [0.25, 0.3) is 0 Å². The van der Waals surface area contributed by atoms with Crippen LogP contribution in [0.25, 0.3) is 0 Å². The minimum Gasteiger partial charge on any atom is -0.497 e. The lowest BCUT2D eigenvalue weighted by molar-refractivity contribution is -0.119. The molecule has 1 amide bonds. The van der Waals surface area contributed by atoms with Crippen molar-refractivity contribution < 1.29 is 14.3 Å². The highest BCUT2D eigenvalue weighted by molar-refractivity contribution is 5.92. The summed E-state index contributed by atoms with van der Waals surface area (Å²) in [5.74, 6) is 0.614. The maximum absolute atomic E-state index is 11.3. The van der Waals surface area contributed by atoms with Gasteiger partial charge in [-0.2, -0.15) is 0 Å². The maximum atomic E-state index is 11.3. The van der Waals surface area contributed by atoms with Crippen LogP contribution in [-0.2, 0) is 9.53 Å². The molecule has 0 aliphatic carbocycles. The fraction of sp³-hybridized carbons (Fsp3) is 0.364. The van der Waals surface area contributed by atoms with E-state index in [1.807, 2.05) is 19.1 Å². The molecule has 0 aliphatic heterocycles. The van der Waals surface area contributed by atoms with E-state index in [9.17, 15) is 4.79 Å². The van der Waals surface area contributed by atoms with Crippen LogP contribution in [0.1, 0.15) is 5.56 Å². The molecule has 0 atom stereocenters. The normalized spacial score (nSPS) is 9.80. The van der Waals surface area contributed by atoms with E-state index in [0.717, 1.165) is 17.0 Å². The van der Waals surface area contributed by atoms with Gasteiger partial charge in [0.15, 0.2) is 0 Å². The lowest BCUT2D eigenvalue weighted by Crippen LogP contribution is -2.17. The molecular formula is C11H15NO3. The number of amides is 1. The first kappa shape index (κ1) is 11.5. The number of carbonyl (C=O) groups excluding carboxylic acids is 1. The number of carbonyl (C=O) groups is 1. The number of hydrogen-bond acceptors (Lipinski definition) is 3. The summed E-state index contributed by atoms with van der Waals surface area (Å²) in [5.41, 5.74) is 1.73. The molecule has 0 saturated heterocycles. The van der Waals surface area contributed by atoms with Gasteiger partial charge < -0.3 is 14.8 Å². The Morgan fingerprint density at radius 2 is 2.13 bits per heavy atom. The van der Waals surface area contributed by atoms with E-state index in [-0.39, 0.29) is 12.5 Å². The molecule has 0 bridgehead atoms. The van der Waals surface area contributed by atoms with Crippen molar-refractivity contribution in [2.75, 3.05) is 26.1 Å². The van der Waals surface area contributed by atoms with Crippen molar-refractivity contribution in [1.29, 1.82) is 0 Å². The van der Waals surface area contributed by atoms with Gasteiger partial charge in [-0.1, -0.05) is 0 Å². The summed E-state index contributed by atoms with van der Waals surface area (Å²) in [7, 11) is 3.10. The Balaban J connectivity index is 2.73. The monoisotopic (exact) mass is 209 g/mol. The average molecular weight is 209 g/mol. The predicted octanol–water partition coefficient (Wildman–Crippen LogP) is 1.59. The van der Waals surface area contributed by atoms with E-state index in [0.29, 0.717) is 0 Å². The second-order valence-corrected chi connectivity index (χ2v) is 3.16. The number of nitrogens with one attached hydrogen (secondary N) is 1. The van der Waals surface area contributed by atoms with Crippen LogP contribution in [0, 0.1) is 6.92 Å². The van der Waals surface area contributed by atoms with Crippen molar-refractivity contribution >= 4 is 11.6 Å². The first-order valence-electron chi connectivity index (χ1n) is 4.61. The van der Waals surface area contributed by atoms with Crippen LogP contribution in [0.3, 0.4) is 0 Å². The van der Waals surface area contributed by atoms with Gasteiger partial charge in [-0.3, -0.25) is 4.79 Å². The lowest BCUT2D eigenvalue weighted by atomic mass is 10.2. The second-order valence-electron chi connectivity index (χ2n) is 3.16. The van der Waals surface area contributed by atoms with Crippen LogP contribution in [0.5, 0.6) is 5.75 Å². The molecule has 1 aromatic rings. The molecule has 4 nitrogen and oxygen atoms in total. The van der Waals surface area contributed by atoms with Gasteiger partial charge in [-0.25, -0.2) is 0 Å². The molecule has 0 aliphatic rings. The summed E-state index contributed by atoms with van der Waals surface area (Å²) in [4.78, 5) is 11.3. The van der Waals surface area contributed by atoms with Crippen molar-refractivity contribution in [3.05, 3.63) is 23.8 Å². The first-order chi connectivity index (χ1) is 7.17. The number of methoxy groups -OCH3 is 2. The molecule has 1 N–H and O–H groups in total. The Morgan fingerprint density at radius 1 is 1.40 bits per heavy atom. The summed E-state index contributed by atoms with van der Waals surface area (Å²) < 4.78 is 9.79. The molecule has 4 heteroatoms. The Morgan fingerprint density at radius 3 is 2.67 bits per heavy atom. The van der Waals surface area contributed by atoms with Crippen molar-refractivity contribution in [3.63, 3.8) is 0 Å². The zero-order valence-corrected chi connectivity index (χ0v) is 9.16. The summed E-state index contributed by atoms with van der Waals surface area (Å²) in [6.45, 7) is 1.97. The number of aryl methyl sites for hydroxylation is 1. The molecule has 0 heterocycles. The molecule has 1 rings (SSSR count). The van der Waals surface area contributed by atoms with Gasteiger partial charge in [0.2, 0.25) is 5.91 Å². The molecule has 1 aromatic carbocycles. The van der Waals surface area contributed by atoms with Crippen molar-refractivity contribution in [2.45, 2.75) is 6.92 Å². The van der Waals surface area contributed by atoms with E-state index in [2.05, 4.69) is 5.32 Å². The quantitative estimate of drug-likeness (QED) is 0.819. The molecule has 0 saturated carbocycles. The Labute approximate surface area is 89.2 Å². The Kier molecular flexibility index (Phi) is 4.12. The third kappa shape index (κ3) is 3.25. The average Bonchev–Trinajstić information content (AvgIpc) is 2.21. The molecule has 82 valence electrons. The molecule has 0 unspecified atom stereocenters. The van der Waals surface area contributed by atoms with Crippen molar-refractivity contribution in [1.82, 2.24) is 0 Å². The van der Waals surface area contributed by atoms with Gasteiger partial charge in [-0.15, -0.1) is 0 Å². The zero-order chi connectivity index (χ0) is 11.3. The summed E-state index contributed by atoms with van der Waals surface area (Å²) in [5, 5.41) is 2.74. The number of ether oxygens (including phenoxy) is 2. The number of anilines is 1. The molecule has 0 spiro atoms. The SMILES string of the molecule is COCC(=O)Nc1ccc(OC)cc1C. The van der Waals surface area contributed by atoms with Crippen LogP contribution in [0.15, 0.2) is 18.2 Å². The lowest BCUT2D eigenvalue weighted by Gasteiger charge is -2.09. The number of benzene rings is 1. The predicted molar refractivity (Wildman–Crippen MR) is 58.2 cm³/mol. The summed E-state index contributed by atoms with van der Waals surface area (Å²) in [6.07, 6.45) is 0. The fourth-order valence-corrected chi connectivity index (χ4v) is 1.22. The minimum absolute atomic E-state index is 0.0610. The smallest absolute Gasteiger partial charge is 0.250 e. The standard InChI is InChI=1S/C11H15NO3/c1-8-6-9(15-3)4-5-10(8)12-11(13)7-14-2/h4-6H,7H2,1-3H3,(H,12,13). The zero-order valence-electron chi connectivity index (χ0n) is 9.16. The third-order valence-electron chi connectivity index (χ3n) is 1.98. The van der Waals surface area contributed by atoms with Gasteiger partial charge in [-0.05, 0) is 30.7 Å². The second kappa shape index (κ2) is 5.36. The third-order valence-corrected chi connectivity index (χ3v) is 1.98. The van der Waals surface area contributed by atoms with E-state index in [1.54, 1.807) is 13.2 Å². The summed E-state index contributed by atoms with van der Waals surface area (Å²) in [6, 6.07) is 5.47. The van der Waals surface area contributed by atoms with E-state index in [1.165, 1.54) is 7.11 Å². The fourth-order valence-electron chi connectivity index (χ4n) is 1.22. The molecular weight excluding hydrogens is 194 g/mol. The van der Waals surface area contributed by atoms with E-state index in [4.69, 9.17) is 9.47 Å². The van der Waals surface area contributed by atoms with Crippen LogP contribution < -0.4 is 10.1 Å². The Bertz CT molecular complexity index is 350. The highest BCUT2D eigenvalue weighted by Crippen LogP contribution is 2.20. The first-order valence-corrected chi connectivity index (χ1v) is 4.61. The van der Waals surface area contributed by atoms with Crippen LogP contribution in [0.4, 0.5) is 5.69 Å². The molecule has 0 fully saturated rings. The van der Waals surface area contributed by atoms with Crippen LogP contribution in [0.2, 0.25) is 0 Å². The van der Waals surface area contributed by atoms with E-state index < -0.39 is 0 Å². The van der Waals surface area contributed by atoms with Crippen LogP contribution in [-0.4, -0.2) is 26.7 Å². The topological polar surface area (TPSA) is 47.6 Å². The number of hydrogen-bond donors (Lipinski definition) is 1. The van der Waals surface area contributed by atoms with Gasteiger partial charge in [0.1, 0.15) is 12.4 Å². The van der Waals surface area contributed by atoms with Gasteiger partial charge in [0, 0.05) is 12.8 Å². The highest BCUT2D eigenvalue weighted by atomic mass is 16.5. The Hall–Kier alpha value is -1.55. The largest absolute Gasteiger partial charge is 0.497 e. The highest BCUT2D eigenvalue weighted by Gasteiger charge is 2.04. The van der Waals surface area contributed by atoms with Gasteiger partial charge in [0.05, 0.1) is 7.11 Å².